The second kappa shape index (κ2) is 44.4. The van der Waals surface area contributed by atoms with Crippen LogP contribution in [-0.4, -0.2) is 271 Å². The molecular formula is C105H135N15O27S3. The third kappa shape index (κ3) is 24.8. The van der Waals surface area contributed by atoms with Crippen LogP contribution < -0.4 is 46.1 Å². The minimum Gasteiger partial charge on any atom is -0.450 e. The third-order valence-electron chi connectivity index (χ3n) is 30.3. The first-order valence-electron chi connectivity index (χ1n) is 51.6. The van der Waals surface area contributed by atoms with Crippen LogP contribution in [0.2, 0.25) is 0 Å². The summed E-state index contributed by atoms with van der Waals surface area (Å²) in [6.45, 7) is 25.7. The van der Waals surface area contributed by atoms with E-state index in [1.807, 2.05) is 98.0 Å². The summed E-state index contributed by atoms with van der Waals surface area (Å²) >= 11 is 0. The van der Waals surface area contributed by atoms with Gasteiger partial charge in [-0.15, -0.1) is 19.7 Å². The fourth-order valence-electron chi connectivity index (χ4n) is 20.8. The van der Waals surface area contributed by atoms with Crippen molar-refractivity contribution < 1.29 is 126 Å². The molecule has 3 aromatic rings. The number of hydrogen-bond donors (Lipinski definition) is 9. The molecule has 9 aliphatic heterocycles. The third-order valence-corrected chi connectivity index (χ3v) is 35.7. The lowest BCUT2D eigenvalue weighted by molar-refractivity contribution is -0.143. The highest BCUT2D eigenvalue weighted by Gasteiger charge is 2.66. The van der Waals surface area contributed by atoms with Crippen LogP contribution in [0.25, 0.3) is 18.2 Å². The summed E-state index contributed by atoms with van der Waals surface area (Å²) in [4.78, 5) is 213. The highest BCUT2D eigenvalue weighted by Crippen LogP contribution is 2.50. The molecule has 0 aromatic heterocycles. The average Bonchev–Trinajstić information content (AvgIpc) is 1.58. The van der Waals surface area contributed by atoms with Crippen molar-refractivity contribution in [1.29, 1.82) is 0 Å². The number of nitrogens with zero attached hydrogens (tertiary/aromatic N) is 6. The highest BCUT2D eigenvalue weighted by atomic mass is 32.2. The molecule has 0 spiro atoms. The number of rotatable bonds is 21. The van der Waals surface area contributed by atoms with Crippen molar-refractivity contribution in [3.8, 4) is 0 Å². The van der Waals surface area contributed by atoms with E-state index in [-0.39, 0.29) is 84.4 Å². The largest absolute Gasteiger partial charge is 0.450 e. The molecule has 12 bridgehead atoms. The van der Waals surface area contributed by atoms with Gasteiger partial charge in [0.25, 0.3) is 17.7 Å². The maximum Gasteiger partial charge on any atom is 0.410 e. The Hall–Kier alpha value is -13.2. The lowest BCUT2D eigenvalue weighted by atomic mass is 9.85. The van der Waals surface area contributed by atoms with Crippen molar-refractivity contribution in [2.24, 2.45) is 28.6 Å². The molecule has 15 amide bonds. The van der Waals surface area contributed by atoms with Crippen molar-refractivity contribution in [1.82, 2.24) is 75.5 Å². The molecule has 15 atom stereocenters. The van der Waals surface area contributed by atoms with E-state index >= 15 is 0 Å². The van der Waals surface area contributed by atoms with Gasteiger partial charge in [0.1, 0.15) is 71.2 Å². The number of sulfonamides is 3. The fourth-order valence-corrected chi connectivity index (χ4v) is 24.9. The molecule has 3 saturated heterocycles. The number of alkyl carbamates (subject to hydrolysis) is 3. The van der Waals surface area contributed by atoms with Gasteiger partial charge in [-0.2, -0.15) is 0 Å². The summed E-state index contributed by atoms with van der Waals surface area (Å²) < 4.78 is 116. The lowest BCUT2D eigenvalue weighted by Gasteiger charge is -2.35. The van der Waals surface area contributed by atoms with E-state index in [0.717, 1.165) is 56.5 Å². The summed E-state index contributed by atoms with van der Waals surface area (Å²) in [5.41, 5.74) is 2.51. The quantitative estimate of drug-likeness (QED) is 0.0357. The number of cyclic esters (lactones) is 3. The molecule has 9 heterocycles. The number of nitrogens with one attached hydrogen (secondary N) is 9. The number of unbranched alkanes of at least 4 members (excludes halogenated alkanes) is 1. The number of fused-ring (bicyclic) bond motifs is 9. The Bertz CT molecular complexity index is 6090. The predicted octanol–water partition coefficient (Wildman–Crippen LogP) is 8.32. The number of carbonyl (C=O) groups excluding carboxylic acids is 15. The maximum atomic E-state index is 14.3. The van der Waals surface area contributed by atoms with Gasteiger partial charge in [0.15, 0.2) is 0 Å². The van der Waals surface area contributed by atoms with Gasteiger partial charge >= 0.3 is 36.6 Å². The monoisotopic (exact) mass is 2130 g/mol. The summed E-state index contributed by atoms with van der Waals surface area (Å²) in [6.07, 6.45) is 17.6. The molecule has 0 unspecified atom stereocenters. The Labute approximate surface area is 872 Å². The SMILES string of the molecule is C=C[C@@H]1C[C@]1(NC(=O)[C@@H]1C[C@@H]2CN1C(=O)[C@H](C(C)(C)C)NC(=O)OCCC/C=C/c1cccc3c1CN(C3)C(=O)O2)C(=O)NS(=O)(=O)C1CC1.C=C[C@@H]1C[C@]1(NC(=O)[C@@H]1C[C@@H]2CN1C(=O)[C@H](C(C)(C)C)NC(=O)OCCC/C=C/c1cccc3c1CN(C3)C(=O)O2)C(=O)NS(=O)(=O)C1CC1.C=C[C@@H]1C[C@]1(NC(=O)[C@@H]1C[C@@H]2CN1C(=O)[C@H](CCCC)NC(=O)OCCC/C=C/c1cccc3c1CN(C3)C(=O)O2)C(=O)NS(=O)(=O)C1CC1. The van der Waals surface area contributed by atoms with Gasteiger partial charge in [0.2, 0.25) is 65.5 Å². The zero-order valence-corrected chi connectivity index (χ0v) is 87.9. The Morgan fingerprint density at radius 1 is 0.420 bits per heavy atom. The molecule has 9 fully saturated rings. The normalized spacial score (nSPS) is 29.3. The maximum absolute atomic E-state index is 14.3. The van der Waals surface area contributed by atoms with Crippen molar-refractivity contribution >= 4 is 138 Å². The Morgan fingerprint density at radius 3 is 0.987 bits per heavy atom. The number of allylic oxidation sites excluding steroid dienone is 3. The second-order valence-corrected chi connectivity index (χ2v) is 49.5. The molecule has 6 aliphatic carbocycles. The Morgan fingerprint density at radius 2 is 0.713 bits per heavy atom. The second-order valence-electron chi connectivity index (χ2n) is 43.6. The van der Waals surface area contributed by atoms with Gasteiger partial charge in [0.05, 0.1) is 74.8 Å². The first-order valence-corrected chi connectivity index (χ1v) is 56.3. The van der Waals surface area contributed by atoms with Gasteiger partial charge < -0.3 is 75.0 Å². The van der Waals surface area contributed by atoms with Crippen molar-refractivity contribution in [3.05, 3.63) is 161 Å². The Kier molecular flexibility index (Phi) is 32.4. The van der Waals surface area contributed by atoms with E-state index in [0.29, 0.717) is 123 Å². The van der Waals surface area contributed by atoms with Crippen LogP contribution in [-0.2, 0) is 141 Å². The van der Waals surface area contributed by atoms with Crippen molar-refractivity contribution in [2.45, 2.75) is 310 Å². The van der Waals surface area contributed by atoms with Crippen molar-refractivity contribution in [3.63, 3.8) is 0 Å². The molecule has 9 N–H and O–H groups in total. The molecule has 18 rings (SSSR count). The first kappa shape index (κ1) is 109. The van der Waals surface area contributed by atoms with E-state index in [4.69, 9.17) is 28.4 Å². The molecule has 810 valence electrons. The van der Waals surface area contributed by atoms with Crippen LogP contribution in [0, 0.1) is 28.6 Å². The average molecular weight is 2140 g/mol. The molecular weight excluding hydrogens is 2000 g/mol. The molecule has 0 radical (unpaired) electrons. The topological polar surface area (TPSA) is 542 Å². The molecule has 45 heteroatoms. The van der Waals surface area contributed by atoms with Crippen LogP contribution in [0.5, 0.6) is 0 Å². The smallest absolute Gasteiger partial charge is 0.410 e. The Balaban J connectivity index is 0.000000160. The predicted molar refractivity (Wildman–Crippen MR) is 544 cm³/mol. The fraction of sp³-hybridized carbons (Fsp3) is 0.571. The van der Waals surface area contributed by atoms with Gasteiger partial charge in [-0.25, -0.2) is 54.0 Å². The number of benzene rings is 3. The molecule has 150 heavy (non-hydrogen) atoms. The molecule has 42 nitrogen and oxygen atoms in total. The summed E-state index contributed by atoms with van der Waals surface area (Å²) in [5, 5.41) is 14.3. The summed E-state index contributed by atoms with van der Waals surface area (Å²) in [6, 6.07) is 10.7. The zero-order valence-electron chi connectivity index (χ0n) is 85.4. The molecule has 3 aromatic carbocycles. The van der Waals surface area contributed by atoms with E-state index in [9.17, 15) is 97.2 Å². The number of amides is 15. The minimum atomic E-state index is -3.90. The van der Waals surface area contributed by atoms with E-state index in [2.05, 4.69) is 65.8 Å². The van der Waals surface area contributed by atoms with Crippen LogP contribution in [0.15, 0.2) is 111 Å². The molecule has 15 aliphatic rings. The van der Waals surface area contributed by atoms with Crippen LogP contribution >= 0.6 is 0 Å². The van der Waals surface area contributed by atoms with Gasteiger partial charge in [-0.1, -0.05) is 171 Å². The molecule has 6 saturated carbocycles. The number of hydrogen-bond acceptors (Lipinski definition) is 27. The van der Waals surface area contributed by atoms with Crippen LogP contribution in [0.4, 0.5) is 28.8 Å². The minimum absolute atomic E-state index is 0.0696. The van der Waals surface area contributed by atoms with E-state index in [1.54, 1.807) is 56.2 Å². The van der Waals surface area contributed by atoms with Crippen molar-refractivity contribution in [2.75, 3.05) is 39.5 Å². The zero-order chi connectivity index (χ0) is 108. The number of carbonyl (C=O) groups is 15. The van der Waals surface area contributed by atoms with E-state index < -0.39 is 235 Å². The standard InChI is InChI=1S/3C35H45N5O9S/c2*1-5-23-17-35(23,31(43)38-50(46,47)25-13-14-25)37-29(41)27-16-24-19-40(27)30(42)28(34(2,3)4)36-32(44)48-15-8-6-7-10-21-11-9-12-22-18-39(20-26(21)22)33(45)49-24;1-3-5-13-28-31(42)40-20-25(17-29(40)30(41)37-35(18-24(35)4-2)32(43)38-50(46,47)26-14-15-26)49-34(45)39-19-23-12-9-11-22(27(23)21-39)10-7-6-8-16-48-33(44)36-28/h2*5,7,9-12,23-25,27-28H,1,6,8,13-20H2,2-4H3,(H,36,44)(H,37,41)(H,38,43);4,7,9-12,24-26,28-29H,2-3,5-6,8,13-21H2,1H3,(H,36,44)(H,37,41)(H,38,43)/b3*10-7+/t2*23-,24-,27+,28-,35-;24-,25-,28+,29+,35-/m111/s1. The van der Waals surface area contributed by atoms with Gasteiger partial charge in [-0.3, -0.25) is 72.0 Å². The summed E-state index contributed by atoms with van der Waals surface area (Å²) in [5.74, 6) is -8.10. The van der Waals surface area contributed by atoms with Gasteiger partial charge in [-0.05, 0) is 164 Å². The van der Waals surface area contributed by atoms with Crippen LogP contribution in [0.3, 0.4) is 0 Å². The van der Waals surface area contributed by atoms with Crippen LogP contribution in [0.1, 0.15) is 233 Å². The number of ether oxygens (including phenoxy) is 6. The van der Waals surface area contributed by atoms with Gasteiger partial charge in [0, 0.05) is 56.7 Å². The van der Waals surface area contributed by atoms with E-state index in [1.165, 1.54) is 32.9 Å². The first-order chi connectivity index (χ1) is 71.2. The summed E-state index contributed by atoms with van der Waals surface area (Å²) in [7, 11) is -11.7. The lowest BCUT2D eigenvalue weighted by Crippen LogP contribution is -2.60. The highest BCUT2D eigenvalue weighted by molar-refractivity contribution is 7.91.